The third-order valence-corrected chi connectivity index (χ3v) is 6.90. The first-order valence-corrected chi connectivity index (χ1v) is 14.2. The van der Waals surface area contributed by atoms with Crippen molar-refractivity contribution in [2.45, 2.75) is 27.4 Å². The molecule has 0 bridgehead atoms. The second kappa shape index (κ2) is 14.1. The number of anilines is 1. The number of nitro benzene ring substituents is 1. The molecule has 12 heteroatoms. The van der Waals surface area contributed by atoms with Crippen molar-refractivity contribution in [1.29, 1.82) is 0 Å². The van der Waals surface area contributed by atoms with Crippen LogP contribution in [0.4, 0.5) is 11.4 Å². The monoisotopic (exact) mass is 621 g/mol. The number of rotatable bonds is 12. The fraction of sp³-hybridized carbons (Fsp3) is 0.147. The molecule has 5 aromatic rings. The molecule has 0 aliphatic carbocycles. The van der Waals surface area contributed by atoms with E-state index < -0.39 is 16.7 Å². The summed E-state index contributed by atoms with van der Waals surface area (Å²) in [6, 6.07) is 26.0. The van der Waals surface area contributed by atoms with Crippen LogP contribution in [0.3, 0.4) is 0 Å². The molecule has 2 aromatic heterocycles. The first kappa shape index (κ1) is 31.3. The Morgan fingerprint density at radius 3 is 2.33 bits per heavy atom. The summed E-state index contributed by atoms with van der Waals surface area (Å²) in [5, 5.41) is 17.9. The van der Waals surface area contributed by atoms with Gasteiger partial charge in [-0.3, -0.25) is 19.7 Å². The second-order valence-electron chi connectivity index (χ2n) is 10.4. The van der Waals surface area contributed by atoms with Gasteiger partial charge in [0, 0.05) is 40.5 Å². The van der Waals surface area contributed by atoms with Gasteiger partial charge in [0.05, 0.1) is 11.1 Å². The van der Waals surface area contributed by atoms with E-state index in [9.17, 15) is 19.7 Å². The van der Waals surface area contributed by atoms with E-state index in [-0.39, 0.29) is 36.0 Å². The molecule has 0 aliphatic rings. The zero-order valence-electron chi connectivity index (χ0n) is 25.4. The number of hydrazone groups is 1. The summed E-state index contributed by atoms with van der Waals surface area (Å²) in [5.74, 6) is 0.152. The fourth-order valence-electron chi connectivity index (χ4n) is 4.57. The zero-order valence-corrected chi connectivity index (χ0v) is 25.4. The van der Waals surface area contributed by atoms with E-state index in [1.54, 1.807) is 18.2 Å². The lowest BCUT2D eigenvalue weighted by molar-refractivity contribution is -0.384. The third-order valence-electron chi connectivity index (χ3n) is 6.90. The lowest BCUT2D eigenvalue weighted by Crippen LogP contribution is -2.20. The molecule has 0 unspecified atom stereocenters. The number of ether oxygens (including phenoxy) is 2. The van der Waals surface area contributed by atoms with Gasteiger partial charge in [0.1, 0.15) is 23.9 Å². The van der Waals surface area contributed by atoms with Gasteiger partial charge in [-0.05, 0) is 87.5 Å². The summed E-state index contributed by atoms with van der Waals surface area (Å²) in [7, 11) is 0. The van der Waals surface area contributed by atoms with E-state index in [2.05, 4.69) is 32.5 Å². The number of benzene rings is 3. The summed E-state index contributed by atoms with van der Waals surface area (Å²) in [4.78, 5) is 35.8. The fourth-order valence-corrected chi connectivity index (χ4v) is 4.57. The number of aryl methyl sites for hydroxylation is 3. The smallest absolute Gasteiger partial charge is 0.307 e. The number of furan rings is 1. The van der Waals surface area contributed by atoms with Crippen LogP contribution in [-0.2, 0) is 11.4 Å². The van der Waals surface area contributed by atoms with Gasteiger partial charge in [0.25, 0.3) is 11.6 Å². The van der Waals surface area contributed by atoms with Crippen molar-refractivity contribution in [3.8, 4) is 17.2 Å². The molecule has 0 saturated carbocycles. The Morgan fingerprint density at radius 2 is 1.63 bits per heavy atom. The number of carbonyl (C=O) groups excluding carboxylic acids is 2. The summed E-state index contributed by atoms with van der Waals surface area (Å²) in [6.07, 6.45) is 1.19. The van der Waals surface area contributed by atoms with Crippen LogP contribution in [-0.4, -0.2) is 34.1 Å². The highest BCUT2D eigenvalue weighted by atomic mass is 16.6. The Hall–Kier alpha value is -6.17. The number of amides is 2. The number of carbonyl (C=O) groups is 2. The molecule has 234 valence electrons. The normalized spacial score (nSPS) is 10.9. The average molecular weight is 622 g/mol. The molecule has 3 aromatic carbocycles. The number of aromatic nitrogens is 1. The zero-order chi connectivity index (χ0) is 32.6. The van der Waals surface area contributed by atoms with Gasteiger partial charge in [-0.1, -0.05) is 17.7 Å². The van der Waals surface area contributed by atoms with Crippen molar-refractivity contribution >= 4 is 29.4 Å². The number of non-ortho nitro benzene ring substituents is 1. The van der Waals surface area contributed by atoms with Crippen molar-refractivity contribution in [2.24, 2.45) is 5.10 Å². The number of hydrogen-bond donors (Lipinski definition) is 2. The van der Waals surface area contributed by atoms with Crippen LogP contribution in [0.25, 0.3) is 5.69 Å². The van der Waals surface area contributed by atoms with E-state index in [0.717, 1.165) is 22.6 Å². The molecule has 2 heterocycles. The highest BCUT2D eigenvalue weighted by Gasteiger charge is 2.14. The predicted octanol–water partition coefficient (Wildman–Crippen LogP) is 6.26. The molecule has 0 saturated heterocycles. The number of nitrogens with one attached hydrogen (secondary N) is 2. The van der Waals surface area contributed by atoms with Crippen LogP contribution in [0.5, 0.6) is 11.5 Å². The Bertz CT molecular complexity index is 1870. The SMILES string of the molecule is Cc1ccc(NC(=O)COc2ccc([N+](=O)[O-])cc2/C=N/NC(=O)c2ccc(COc3ccc(-n4c(C)ccc4C)cc3)o2)cc1. The van der Waals surface area contributed by atoms with Gasteiger partial charge in [-0.25, -0.2) is 5.43 Å². The highest BCUT2D eigenvalue weighted by molar-refractivity contribution is 5.93. The van der Waals surface area contributed by atoms with Gasteiger partial charge < -0.3 is 23.8 Å². The minimum atomic E-state index is -0.644. The van der Waals surface area contributed by atoms with Gasteiger partial charge in [-0.15, -0.1) is 0 Å². The lowest BCUT2D eigenvalue weighted by Gasteiger charge is -2.10. The maximum absolute atomic E-state index is 12.6. The minimum absolute atomic E-state index is 0.00653. The van der Waals surface area contributed by atoms with E-state index in [4.69, 9.17) is 13.9 Å². The Labute approximate surface area is 264 Å². The quantitative estimate of drug-likeness (QED) is 0.0948. The van der Waals surface area contributed by atoms with Crippen LogP contribution in [0.1, 0.15) is 38.8 Å². The van der Waals surface area contributed by atoms with E-state index >= 15 is 0 Å². The van der Waals surface area contributed by atoms with Crippen molar-refractivity contribution in [1.82, 2.24) is 9.99 Å². The maximum atomic E-state index is 12.6. The predicted molar refractivity (Wildman–Crippen MR) is 172 cm³/mol. The molecule has 2 N–H and O–H groups in total. The van der Waals surface area contributed by atoms with Crippen LogP contribution >= 0.6 is 0 Å². The van der Waals surface area contributed by atoms with Crippen LogP contribution < -0.4 is 20.2 Å². The van der Waals surface area contributed by atoms with E-state index in [1.807, 2.05) is 57.2 Å². The molecular formula is C34H31N5O7. The van der Waals surface area contributed by atoms with Gasteiger partial charge in [0.2, 0.25) is 0 Å². The average Bonchev–Trinajstić information content (AvgIpc) is 3.66. The van der Waals surface area contributed by atoms with Crippen molar-refractivity contribution in [3.05, 3.63) is 135 Å². The Morgan fingerprint density at radius 1 is 0.913 bits per heavy atom. The highest BCUT2D eigenvalue weighted by Crippen LogP contribution is 2.24. The second-order valence-corrected chi connectivity index (χ2v) is 10.4. The van der Waals surface area contributed by atoms with Gasteiger partial charge in [0.15, 0.2) is 12.4 Å². The summed E-state index contributed by atoms with van der Waals surface area (Å²) >= 11 is 0. The largest absolute Gasteiger partial charge is 0.486 e. The molecule has 46 heavy (non-hydrogen) atoms. The molecule has 0 fully saturated rings. The molecule has 2 amide bonds. The first-order valence-electron chi connectivity index (χ1n) is 14.2. The lowest BCUT2D eigenvalue weighted by atomic mass is 10.2. The van der Waals surface area contributed by atoms with Crippen molar-refractivity contribution in [3.63, 3.8) is 0 Å². The van der Waals surface area contributed by atoms with E-state index in [0.29, 0.717) is 17.2 Å². The molecule has 0 spiro atoms. The van der Waals surface area contributed by atoms with Gasteiger partial charge >= 0.3 is 5.91 Å². The summed E-state index contributed by atoms with van der Waals surface area (Å²) < 4.78 is 19.2. The molecule has 5 rings (SSSR count). The third kappa shape index (κ3) is 7.85. The van der Waals surface area contributed by atoms with Crippen LogP contribution in [0.15, 0.2) is 101 Å². The maximum Gasteiger partial charge on any atom is 0.307 e. The number of nitrogens with zero attached hydrogens (tertiary/aromatic N) is 3. The number of nitro groups is 1. The molecule has 0 aliphatic heterocycles. The first-order chi connectivity index (χ1) is 22.2. The van der Waals surface area contributed by atoms with Gasteiger partial charge in [-0.2, -0.15) is 5.10 Å². The minimum Gasteiger partial charge on any atom is -0.486 e. The molecule has 0 radical (unpaired) electrons. The van der Waals surface area contributed by atoms with Crippen molar-refractivity contribution < 1.29 is 28.4 Å². The number of hydrogen-bond acceptors (Lipinski definition) is 8. The van der Waals surface area contributed by atoms with Crippen molar-refractivity contribution in [2.75, 3.05) is 11.9 Å². The van der Waals surface area contributed by atoms with E-state index in [1.165, 1.54) is 30.5 Å². The summed E-state index contributed by atoms with van der Waals surface area (Å²) in [6.45, 7) is 5.77. The molecule has 12 nitrogen and oxygen atoms in total. The molecule has 0 atom stereocenters. The Kier molecular flexibility index (Phi) is 9.57. The Balaban J connectivity index is 1.16. The molecular weight excluding hydrogens is 590 g/mol. The van der Waals surface area contributed by atoms with Crippen LogP contribution in [0.2, 0.25) is 0 Å². The standard InChI is InChI=1S/C34H31N5O7/c1-22-4-8-26(9-5-22)36-33(40)21-45-31-16-12-28(39(42)43)18-25(31)19-35-37-34(41)32-17-15-30(46-32)20-44-29-13-10-27(11-14-29)38-23(2)6-7-24(38)3/h4-19H,20-21H2,1-3H3,(H,36,40)(H,37,41)/b35-19+. The van der Waals surface area contributed by atoms with Crippen LogP contribution in [0, 0.1) is 30.9 Å². The summed E-state index contributed by atoms with van der Waals surface area (Å²) in [5.41, 5.74) is 7.24. The topological polar surface area (TPSA) is 150 Å².